The predicted octanol–water partition coefficient (Wildman–Crippen LogP) is 1.07. The number of amides is 1. The normalized spacial score (nSPS) is 10.7. The van der Waals surface area contributed by atoms with Crippen LogP contribution in [0.2, 0.25) is 0 Å². The Morgan fingerprint density at radius 1 is 1.26 bits per heavy atom. The molecule has 1 aromatic heterocycles. The second-order valence-electron chi connectivity index (χ2n) is 4.69. The number of fused-ring (bicyclic) bond motifs is 1. The van der Waals surface area contributed by atoms with Crippen LogP contribution in [0.5, 0.6) is 0 Å². The van der Waals surface area contributed by atoms with Crippen LogP contribution in [0.3, 0.4) is 0 Å². The molecule has 2 rings (SSSR count). The summed E-state index contributed by atoms with van der Waals surface area (Å²) in [5.41, 5.74) is 3.80. The predicted molar refractivity (Wildman–Crippen MR) is 74.3 cm³/mol. The number of rotatable bonds is 2. The fourth-order valence-corrected chi connectivity index (χ4v) is 2.00. The summed E-state index contributed by atoms with van der Waals surface area (Å²) in [7, 11) is 1.55. The van der Waals surface area contributed by atoms with Crippen molar-refractivity contribution in [2.75, 3.05) is 7.05 Å². The second-order valence-corrected chi connectivity index (χ2v) is 4.69. The summed E-state index contributed by atoms with van der Waals surface area (Å²) < 4.78 is 1.48. The fourth-order valence-electron chi connectivity index (χ4n) is 2.00. The third-order valence-electron chi connectivity index (χ3n) is 3.31. The van der Waals surface area contributed by atoms with Crippen molar-refractivity contribution >= 4 is 16.9 Å². The highest BCUT2D eigenvalue weighted by Gasteiger charge is 2.11. The summed E-state index contributed by atoms with van der Waals surface area (Å²) in [5.74, 6) is -0.202. The van der Waals surface area contributed by atoms with Gasteiger partial charge in [-0.25, -0.2) is 4.98 Å². The van der Waals surface area contributed by atoms with E-state index in [-0.39, 0.29) is 18.0 Å². The molecule has 0 spiro atoms. The topological polar surface area (TPSA) is 64.0 Å². The highest BCUT2D eigenvalue weighted by molar-refractivity contribution is 5.81. The van der Waals surface area contributed by atoms with E-state index in [0.29, 0.717) is 11.2 Å². The van der Waals surface area contributed by atoms with Gasteiger partial charge in [-0.3, -0.25) is 14.2 Å². The van der Waals surface area contributed by atoms with Crippen LogP contribution in [0, 0.1) is 20.8 Å². The summed E-state index contributed by atoms with van der Waals surface area (Å²) in [6.07, 6.45) is 0. The number of carbonyl (C=O) groups excluding carboxylic acids is 1. The van der Waals surface area contributed by atoms with E-state index >= 15 is 0 Å². The molecule has 0 aliphatic carbocycles. The lowest BCUT2D eigenvalue weighted by Gasteiger charge is -2.12. The first-order chi connectivity index (χ1) is 8.93. The van der Waals surface area contributed by atoms with E-state index in [1.54, 1.807) is 14.0 Å². The van der Waals surface area contributed by atoms with Crippen LogP contribution in [0.25, 0.3) is 11.0 Å². The zero-order chi connectivity index (χ0) is 14.2. The van der Waals surface area contributed by atoms with Crippen LogP contribution in [-0.4, -0.2) is 22.5 Å². The molecule has 0 aliphatic rings. The van der Waals surface area contributed by atoms with Gasteiger partial charge in [0.15, 0.2) is 0 Å². The van der Waals surface area contributed by atoms with Crippen molar-refractivity contribution in [2.24, 2.45) is 0 Å². The standard InChI is InChI=1S/C14H17N3O2/c1-8-5-11-12(6-9(8)2)17(7-13(18)15-4)14(19)10(3)16-11/h5-6H,7H2,1-4H3,(H,15,18). The Balaban J connectivity index is 2.78. The maximum Gasteiger partial charge on any atom is 0.272 e. The zero-order valence-corrected chi connectivity index (χ0v) is 11.6. The van der Waals surface area contributed by atoms with E-state index in [1.165, 1.54) is 4.57 Å². The summed E-state index contributed by atoms with van der Waals surface area (Å²) in [6, 6.07) is 3.85. The van der Waals surface area contributed by atoms with Crippen LogP contribution in [0.1, 0.15) is 16.8 Å². The first-order valence-corrected chi connectivity index (χ1v) is 6.13. The molecule has 0 saturated carbocycles. The SMILES string of the molecule is CNC(=O)Cn1c(=O)c(C)nc2cc(C)c(C)cc21. The number of nitrogens with one attached hydrogen (secondary N) is 1. The van der Waals surface area contributed by atoms with Gasteiger partial charge in [-0.15, -0.1) is 0 Å². The van der Waals surface area contributed by atoms with Gasteiger partial charge in [-0.1, -0.05) is 0 Å². The lowest BCUT2D eigenvalue weighted by atomic mass is 10.1. The monoisotopic (exact) mass is 259 g/mol. The van der Waals surface area contributed by atoms with Crippen molar-refractivity contribution in [3.63, 3.8) is 0 Å². The van der Waals surface area contributed by atoms with Gasteiger partial charge in [0.1, 0.15) is 12.2 Å². The minimum atomic E-state index is -0.223. The van der Waals surface area contributed by atoms with Gasteiger partial charge in [-0.2, -0.15) is 0 Å². The summed E-state index contributed by atoms with van der Waals surface area (Å²) in [6.45, 7) is 5.65. The molecule has 1 amide bonds. The van der Waals surface area contributed by atoms with Crippen molar-refractivity contribution in [2.45, 2.75) is 27.3 Å². The quantitative estimate of drug-likeness (QED) is 0.877. The molecule has 0 bridgehead atoms. The van der Waals surface area contributed by atoms with Crippen molar-refractivity contribution in [1.82, 2.24) is 14.9 Å². The van der Waals surface area contributed by atoms with E-state index in [2.05, 4.69) is 10.3 Å². The highest BCUT2D eigenvalue weighted by atomic mass is 16.2. The molecule has 0 atom stereocenters. The Hall–Kier alpha value is -2.17. The van der Waals surface area contributed by atoms with E-state index in [0.717, 1.165) is 16.6 Å². The molecule has 1 heterocycles. The summed E-state index contributed by atoms with van der Waals surface area (Å²) in [5, 5.41) is 2.53. The van der Waals surface area contributed by atoms with E-state index in [1.807, 2.05) is 26.0 Å². The van der Waals surface area contributed by atoms with Gasteiger partial charge < -0.3 is 5.32 Å². The third kappa shape index (κ3) is 2.36. The first-order valence-electron chi connectivity index (χ1n) is 6.13. The third-order valence-corrected chi connectivity index (χ3v) is 3.31. The molecule has 2 aromatic rings. The number of benzene rings is 1. The van der Waals surface area contributed by atoms with Crippen molar-refractivity contribution in [3.8, 4) is 0 Å². The van der Waals surface area contributed by atoms with Crippen molar-refractivity contribution in [3.05, 3.63) is 39.3 Å². The van der Waals surface area contributed by atoms with Crippen LogP contribution in [0.15, 0.2) is 16.9 Å². The number of hydrogen-bond donors (Lipinski definition) is 1. The molecule has 0 unspecified atom stereocenters. The maximum absolute atomic E-state index is 12.2. The van der Waals surface area contributed by atoms with Gasteiger partial charge in [-0.05, 0) is 44.0 Å². The van der Waals surface area contributed by atoms with Crippen molar-refractivity contribution < 1.29 is 4.79 Å². The number of carbonyl (C=O) groups is 1. The number of aryl methyl sites for hydroxylation is 3. The van der Waals surface area contributed by atoms with Gasteiger partial charge in [0.05, 0.1) is 11.0 Å². The van der Waals surface area contributed by atoms with Crippen molar-refractivity contribution in [1.29, 1.82) is 0 Å². The van der Waals surface area contributed by atoms with Gasteiger partial charge in [0.25, 0.3) is 5.56 Å². The van der Waals surface area contributed by atoms with Gasteiger partial charge in [0.2, 0.25) is 5.91 Å². The van der Waals surface area contributed by atoms with E-state index in [9.17, 15) is 9.59 Å². The van der Waals surface area contributed by atoms with Gasteiger partial charge >= 0.3 is 0 Å². The average molecular weight is 259 g/mol. The second kappa shape index (κ2) is 4.84. The molecular formula is C14H17N3O2. The number of hydrogen-bond acceptors (Lipinski definition) is 3. The fraction of sp³-hybridized carbons (Fsp3) is 0.357. The minimum Gasteiger partial charge on any atom is -0.358 e. The van der Waals surface area contributed by atoms with Gasteiger partial charge in [0, 0.05) is 7.05 Å². The minimum absolute atomic E-state index is 0.0116. The number of likely N-dealkylation sites (N-methyl/N-ethyl adjacent to an activating group) is 1. The Kier molecular flexibility index (Phi) is 3.38. The van der Waals surface area contributed by atoms with Crippen LogP contribution >= 0.6 is 0 Å². The Morgan fingerprint density at radius 3 is 2.53 bits per heavy atom. The first kappa shape index (κ1) is 13.3. The van der Waals surface area contributed by atoms with Crippen LogP contribution < -0.4 is 10.9 Å². The maximum atomic E-state index is 12.2. The molecular weight excluding hydrogens is 242 g/mol. The summed E-state index contributed by atoms with van der Waals surface area (Å²) >= 11 is 0. The zero-order valence-electron chi connectivity index (χ0n) is 11.6. The molecule has 19 heavy (non-hydrogen) atoms. The Morgan fingerprint density at radius 2 is 1.89 bits per heavy atom. The Bertz CT molecular complexity index is 717. The van der Waals surface area contributed by atoms with Crippen LogP contribution in [0.4, 0.5) is 0 Å². The molecule has 0 saturated heterocycles. The number of aromatic nitrogens is 2. The van der Waals surface area contributed by atoms with E-state index in [4.69, 9.17) is 0 Å². The average Bonchev–Trinajstić information content (AvgIpc) is 2.37. The molecule has 0 aliphatic heterocycles. The summed E-state index contributed by atoms with van der Waals surface area (Å²) in [4.78, 5) is 28.0. The smallest absolute Gasteiger partial charge is 0.272 e. The van der Waals surface area contributed by atoms with Crippen LogP contribution in [-0.2, 0) is 11.3 Å². The molecule has 0 fully saturated rings. The highest BCUT2D eigenvalue weighted by Crippen LogP contribution is 2.16. The molecule has 100 valence electrons. The molecule has 5 nitrogen and oxygen atoms in total. The Labute approximate surface area is 111 Å². The molecule has 0 radical (unpaired) electrons. The lowest BCUT2D eigenvalue weighted by molar-refractivity contribution is -0.121. The van der Waals surface area contributed by atoms with E-state index < -0.39 is 0 Å². The molecule has 1 N–H and O–H groups in total. The lowest BCUT2D eigenvalue weighted by Crippen LogP contribution is -2.32. The number of nitrogens with zero attached hydrogens (tertiary/aromatic N) is 2. The molecule has 1 aromatic carbocycles. The molecule has 5 heteroatoms. The largest absolute Gasteiger partial charge is 0.358 e.